The van der Waals surface area contributed by atoms with Crippen molar-refractivity contribution in [2.75, 3.05) is 13.2 Å². The fourth-order valence-corrected chi connectivity index (χ4v) is 6.43. The first kappa shape index (κ1) is 54.1. The van der Waals surface area contributed by atoms with E-state index in [-0.39, 0.29) is 31.1 Å². The fourth-order valence-electron chi connectivity index (χ4n) is 6.43. The van der Waals surface area contributed by atoms with Crippen molar-refractivity contribution in [3.05, 3.63) is 60.8 Å². The average molecular weight is 797 g/mol. The van der Waals surface area contributed by atoms with Gasteiger partial charge in [-0.15, -0.1) is 0 Å². The lowest BCUT2D eigenvalue weighted by Crippen LogP contribution is -2.30. The second-order valence-corrected chi connectivity index (χ2v) is 15.6. The second-order valence-electron chi connectivity index (χ2n) is 15.6. The second kappa shape index (κ2) is 45.8. The summed E-state index contributed by atoms with van der Waals surface area (Å²) in [4.78, 5) is 37.7. The number of unbranched alkanes of at least 4 members (excludes halogenated alkanes) is 21. The highest BCUT2D eigenvalue weighted by molar-refractivity contribution is 5.71. The van der Waals surface area contributed by atoms with Gasteiger partial charge in [-0.2, -0.15) is 0 Å². The summed E-state index contributed by atoms with van der Waals surface area (Å²) in [6.07, 6.45) is 54.9. The molecule has 0 aromatic rings. The number of ether oxygens (including phenoxy) is 3. The highest BCUT2D eigenvalue weighted by Crippen LogP contribution is 2.14. The van der Waals surface area contributed by atoms with Crippen LogP contribution >= 0.6 is 0 Å². The molecule has 0 aliphatic carbocycles. The molecule has 0 amide bonds. The standard InChI is InChI=1S/C51H88O6/c1-4-7-10-13-16-19-22-23-24-25-26-27-28-29-30-33-35-38-41-44-50(53)56-47-48(57-51(54)45-42-39-36-32-21-18-15-12-9-6-3)46-55-49(52)43-40-37-34-31-20-17-14-11-8-5-2/h7,10,12,15-16,19,23-24,26-27,48H,4-6,8-9,11,13-14,17-18,20-22,25,28-47H2,1-3H3/b10-7-,15-12-,19-16-,24-23-,27-26-. The Morgan fingerprint density at radius 3 is 1.16 bits per heavy atom. The molecule has 0 aromatic heterocycles. The van der Waals surface area contributed by atoms with Crippen molar-refractivity contribution in [3.8, 4) is 0 Å². The van der Waals surface area contributed by atoms with E-state index in [9.17, 15) is 14.4 Å². The van der Waals surface area contributed by atoms with Gasteiger partial charge in [-0.1, -0.05) is 191 Å². The molecule has 0 aliphatic heterocycles. The molecule has 0 radical (unpaired) electrons. The van der Waals surface area contributed by atoms with Crippen LogP contribution in [0.25, 0.3) is 0 Å². The van der Waals surface area contributed by atoms with Crippen LogP contribution < -0.4 is 0 Å². The van der Waals surface area contributed by atoms with Crippen molar-refractivity contribution in [1.29, 1.82) is 0 Å². The van der Waals surface area contributed by atoms with Crippen LogP contribution in [0.15, 0.2) is 60.8 Å². The zero-order valence-electron chi connectivity index (χ0n) is 37.3. The first-order valence-electron chi connectivity index (χ1n) is 23.8. The molecule has 6 heteroatoms. The molecule has 0 N–H and O–H groups in total. The monoisotopic (exact) mass is 797 g/mol. The molecule has 6 nitrogen and oxygen atoms in total. The Kier molecular flexibility index (Phi) is 43.5. The largest absolute Gasteiger partial charge is 0.462 e. The van der Waals surface area contributed by atoms with E-state index in [4.69, 9.17) is 14.2 Å². The summed E-state index contributed by atoms with van der Waals surface area (Å²) >= 11 is 0. The molecule has 0 heterocycles. The topological polar surface area (TPSA) is 78.9 Å². The molecule has 57 heavy (non-hydrogen) atoms. The number of carbonyl (C=O) groups is 3. The number of allylic oxidation sites excluding steroid dienone is 10. The summed E-state index contributed by atoms with van der Waals surface area (Å²) in [6, 6.07) is 0. The Labute approximate surface area is 351 Å². The SMILES string of the molecule is CC/C=C\C/C=C\C/C=C\C/C=C\CCCCCCCCC(=O)OCC(COC(=O)CCCCCCCCCCCC)OC(=O)CCCCCCC/C=C\CCC. The molecule has 0 bridgehead atoms. The van der Waals surface area contributed by atoms with Crippen LogP contribution in [0.1, 0.15) is 226 Å². The Morgan fingerprint density at radius 1 is 0.368 bits per heavy atom. The van der Waals surface area contributed by atoms with Crippen LogP contribution in [0.3, 0.4) is 0 Å². The van der Waals surface area contributed by atoms with Gasteiger partial charge in [-0.25, -0.2) is 0 Å². The lowest BCUT2D eigenvalue weighted by molar-refractivity contribution is -0.167. The first-order valence-corrected chi connectivity index (χ1v) is 23.8. The quantitative estimate of drug-likeness (QED) is 0.0265. The highest BCUT2D eigenvalue weighted by atomic mass is 16.6. The van der Waals surface area contributed by atoms with E-state index in [1.807, 2.05) is 0 Å². The van der Waals surface area contributed by atoms with Gasteiger partial charge >= 0.3 is 17.9 Å². The predicted molar refractivity (Wildman–Crippen MR) is 242 cm³/mol. The van der Waals surface area contributed by atoms with Gasteiger partial charge in [0.05, 0.1) is 0 Å². The Morgan fingerprint density at radius 2 is 0.719 bits per heavy atom. The maximum atomic E-state index is 12.7. The van der Waals surface area contributed by atoms with Gasteiger partial charge in [-0.3, -0.25) is 14.4 Å². The van der Waals surface area contributed by atoms with E-state index < -0.39 is 6.10 Å². The van der Waals surface area contributed by atoms with Gasteiger partial charge in [0.15, 0.2) is 6.10 Å². The fraction of sp³-hybridized carbons (Fsp3) is 0.745. The van der Waals surface area contributed by atoms with E-state index in [2.05, 4.69) is 81.5 Å². The molecular formula is C51H88O6. The summed E-state index contributed by atoms with van der Waals surface area (Å²) in [7, 11) is 0. The maximum absolute atomic E-state index is 12.7. The van der Waals surface area contributed by atoms with Gasteiger partial charge in [0.1, 0.15) is 13.2 Å². The van der Waals surface area contributed by atoms with Crippen LogP contribution in [0.5, 0.6) is 0 Å². The number of carbonyl (C=O) groups excluding carboxylic acids is 3. The summed E-state index contributed by atoms with van der Waals surface area (Å²) in [5.74, 6) is -0.909. The van der Waals surface area contributed by atoms with E-state index in [1.165, 1.54) is 77.0 Å². The third kappa shape index (κ3) is 44.1. The zero-order chi connectivity index (χ0) is 41.5. The highest BCUT2D eigenvalue weighted by Gasteiger charge is 2.19. The minimum atomic E-state index is -0.779. The molecule has 1 atom stereocenters. The number of hydrogen-bond donors (Lipinski definition) is 0. The van der Waals surface area contributed by atoms with Gasteiger partial charge in [0, 0.05) is 19.3 Å². The minimum absolute atomic E-state index is 0.0813. The van der Waals surface area contributed by atoms with Gasteiger partial charge in [0.25, 0.3) is 0 Å². The van der Waals surface area contributed by atoms with Crippen molar-refractivity contribution in [2.24, 2.45) is 0 Å². The average Bonchev–Trinajstić information content (AvgIpc) is 3.21. The molecular weight excluding hydrogens is 709 g/mol. The molecule has 328 valence electrons. The van der Waals surface area contributed by atoms with Crippen LogP contribution in [0.2, 0.25) is 0 Å². The molecule has 1 unspecified atom stereocenters. The van der Waals surface area contributed by atoms with Crippen LogP contribution in [-0.2, 0) is 28.6 Å². The van der Waals surface area contributed by atoms with Crippen molar-refractivity contribution in [3.63, 3.8) is 0 Å². The van der Waals surface area contributed by atoms with Gasteiger partial charge in [-0.05, 0) is 77.0 Å². The Bertz CT molecular complexity index is 1050. The number of rotatable bonds is 42. The summed E-state index contributed by atoms with van der Waals surface area (Å²) < 4.78 is 16.7. The van der Waals surface area contributed by atoms with E-state index in [1.54, 1.807) is 0 Å². The molecule has 0 aromatic carbocycles. The first-order chi connectivity index (χ1) is 28.0. The van der Waals surface area contributed by atoms with Crippen molar-refractivity contribution < 1.29 is 28.6 Å². The van der Waals surface area contributed by atoms with E-state index in [0.717, 1.165) is 109 Å². The maximum Gasteiger partial charge on any atom is 0.306 e. The molecule has 0 spiro atoms. The van der Waals surface area contributed by atoms with Crippen molar-refractivity contribution >= 4 is 17.9 Å². The lowest BCUT2D eigenvalue weighted by Gasteiger charge is -2.18. The van der Waals surface area contributed by atoms with Crippen molar-refractivity contribution in [1.82, 2.24) is 0 Å². The third-order valence-electron chi connectivity index (χ3n) is 9.99. The van der Waals surface area contributed by atoms with E-state index in [0.29, 0.717) is 19.3 Å². The minimum Gasteiger partial charge on any atom is -0.462 e. The van der Waals surface area contributed by atoms with E-state index >= 15 is 0 Å². The summed E-state index contributed by atoms with van der Waals surface area (Å²) in [5, 5.41) is 0. The third-order valence-corrected chi connectivity index (χ3v) is 9.99. The smallest absolute Gasteiger partial charge is 0.306 e. The number of hydrogen-bond acceptors (Lipinski definition) is 6. The molecule has 0 saturated heterocycles. The molecule has 0 rings (SSSR count). The van der Waals surface area contributed by atoms with Crippen molar-refractivity contribution in [2.45, 2.75) is 232 Å². The molecule has 0 fully saturated rings. The zero-order valence-corrected chi connectivity index (χ0v) is 37.3. The Hall–Kier alpha value is -2.89. The molecule has 0 saturated carbocycles. The normalized spacial score (nSPS) is 12.5. The van der Waals surface area contributed by atoms with Crippen LogP contribution in [0, 0.1) is 0 Å². The van der Waals surface area contributed by atoms with Gasteiger partial charge in [0.2, 0.25) is 0 Å². The summed E-state index contributed by atoms with van der Waals surface area (Å²) in [6.45, 7) is 6.42. The van der Waals surface area contributed by atoms with Gasteiger partial charge < -0.3 is 14.2 Å². The lowest BCUT2D eigenvalue weighted by atomic mass is 10.1. The van der Waals surface area contributed by atoms with Crippen LogP contribution in [-0.4, -0.2) is 37.2 Å². The number of esters is 3. The molecule has 0 aliphatic rings. The Balaban J connectivity index is 4.33. The van der Waals surface area contributed by atoms with Crippen LogP contribution in [0.4, 0.5) is 0 Å². The predicted octanol–water partition coefficient (Wildman–Crippen LogP) is 15.3. The summed E-state index contributed by atoms with van der Waals surface area (Å²) in [5.41, 5.74) is 0.